The van der Waals surface area contributed by atoms with Crippen molar-refractivity contribution < 1.29 is 14.3 Å². The van der Waals surface area contributed by atoms with Crippen molar-refractivity contribution in [3.05, 3.63) is 12.3 Å². The van der Waals surface area contributed by atoms with Gasteiger partial charge in [-0.3, -0.25) is 0 Å². The van der Waals surface area contributed by atoms with E-state index in [-0.39, 0.29) is 12.2 Å². The van der Waals surface area contributed by atoms with Gasteiger partial charge in [-0.2, -0.15) is 0 Å². The van der Waals surface area contributed by atoms with Crippen LogP contribution in [0.15, 0.2) is 12.3 Å². The zero-order valence-electron chi connectivity index (χ0n) is 13.4. The number of nitrogens with zero attached hydrogens (tertiary/aromatic N) is 1. The summed E-state index contributed by atoms with van der Waals surface area (Å²) >= 11 is 0. The molecule has 5 nitrogen and oxygen atoms in total. The van der Waals surface area contributed by atoms with E-state index in [0.29, 0.717) is 6.04 Å². The lowest BCUT2D eigenvalue weighted by Gasteiger charge is -2.35. The Morgan fingerprint density at radius 3 is 2.90 bits per heavy atom. The molecule has 0 aromatic rings. The molecule has 2 aliphatic heterocycles. The highest BCUT2D eigenvalue weighted by Crippen LogP contribution is 2.16. The highest BCUT2D eigenvalue weighted by Gasteiger charge is 2.27. The van der Waals surface area contributed by atoms with E-state index < -0.39 is 5.60 Å². The quantitative estimate of drug-likeness (QED) is 0.870. The Kier molecular flexibility index (Phi) is 5.51. The lowest BCUT2D eigenvalue weighted by atomic mass is 10.1. The molecule has 2 atom stereocenters. The summed E-state index contributed by atoms with van der Waals surface area (Å²) in [6, 6.07) is 0.334. The number of allylic oxidation sites excluding steroid dienone is 1. The second kappa shape index (κ2) is 7.16. The average molecular weight is 296 g/mol. The Hall–Kier alpha value is -1.23. The maximum absolute atomic E-state index is 12.1. The van der Waals surface area contributed by atoms with E-state index in [1.807, 2.05) is 25.7 Å². The topological polar surface area (TPSA) is 50.8 Å². The van der Waals surface area contributed by atoms with Crippen molar-refractivity contribution in [1.29, 1.82) is 0 Å². The number of piperidine rings is 1. The SMILES string of the molecule is CC(C)(C)OC(=O)N1CCCC(NCC2CCC=CO2)C1. The number of rotatable bonds is 3. The minimum Gasteiger partial charge on any atom is -0.497 e. The summed E-state index contributed by atoms with van der Waals surface area (Å²) in [7, 11) is 0. The number of carbonyl (C=O) groups excluding carboxylic acids is 1. The highest BCUT2D eigenvalue weighted by molar-refractivity contribution is 5.68. The molecular formula is C16H28N2O3. The predicted octanol–water partition coefficient (Wildman–Crippen LogP) is 2.67. The number of hydrogen-bond acceptors (Lipinski definition) is 4. The number of likely N-dealkylation sites (tertiary alicyclic amines) is 1. The molecule has 2 rings (SSSR count). The molecule has 2 heterocycles. The molecule has 1 fully saturated rings. The van der Waals surface area contributed by atoms with Crippen molar-refractivity contribution in [2.24, 2.45) is 0 Å². The fourth-order valence-corrected chi connectivity index (χ4v) is 2.67. The number of nitrogens with one attached hydrogen (secondary N) is 1. The molecule has 0 saturated carbocycles. The van der Waals surface area contributed by atoms with Gasteiger partial charge >= 0.3 is 6.09 Å². The average Bonchev–Trinajstić information content (AvgIpc) is 2.45. The van der Waals surface area contributed by atoms with Gasteiger partial charge < -0.3 is 19.7 Å². The smallest absolute Gasteiger partial charge is 0.410 e. The van der Waals surface area contributed by atoms with E-state index >= 15 is 0 Å². The van der Waals surface area contributed by atoms with E-state index in [0.717, 1.165) is 45.3 Å². The van der Waals surface area contributed by atoms with Gasteiger partial charge in [0.1, 0.15) is 11.7 Å². The maximum Gasteiger partial charge on any atom is 0.410 e. The number of carbonyl (C=O) groups is 1. The molecule has 2 unspecified atom stereocenters. The molecule has 1 amide bonds. The maximum atomic E-state index is 12.1. The first-order valence-electron chi connectivity index (χ1n) is 7.96. The van der Waals surface area contributed by atoms with E-state index in [1.165, 1.54) is 0 Å². The minimum atomic E-state index is -0.431. The third-order valence-electron chi connectivity index (χ3n) is 3.73. The van der Waals surface area contributed by atoms with Crippen molar-refractivity contribution in [1.82, 2.24) is 10.2 Å². The third-order valence-corrected chi connectivity index (χ3v) is 3.73. The van der Waals surface area contributed by atoms with E-state index in [2.05, 4.69) is 11.4 Å². The highest BCUT2D eigenvalue weighted by atomic mass is 16.6. The number of hydrogen-bond donors (Lipinski definition) is 1. The van der Waals surface area contributed by atoms with Crippen LogP contribution in [0.3, 0.4) is 0 Å². The van der Waals surface area contributed by atoms with E-state index in [1.54, 1.807) is 6.26 Å². The standard InChI is InChI=1S/C16H28N2O3/c1-16(2,3)21-15(19)18-9-6-7-13(12-18)17-11-14-8-4-5-10-20-14/h5,10,13-14,17H,4,6-9,11-12H2,1-3H3. The van der Waals surface area contributed by atoms with Crippen LogP contribution in [0.2, 0.25) is 0 Å². The van der Waals surface area contributed by atoms with Gasteiger partial charge in [-0.05, 0) is 52.5 Å². The number of amides is 1. The lowest BCUT2D eigenvalue weighted by Crippen LogP contribution is -2.50. The van der Waals surface area contributed by atoms with E-state index in [4.69, 9.17) is 9.47 Å². The summed E-state index contributed by atoms with van der Waals surface area (Å²) in [5.41, 5.74) is -0.431. The normalized spacial score (nSPS) is 26.3. The summed E-state index contributed by atoms with van der Waals surface area (Å²) in [4.78, 5) is 13.9. The van der Waals surface area contributed by atoms with Crippen molar-refractivity contribution in [3.63, 3.8) is 0 Å². The molecular weight excluding hydrogens is 268 g/mol. The molecule has 0 aromatic carbocycles. The van der Waals surface area contributed by atoms with Gasteiger partial charge in [-0.15, -0.1) is 0 Å². The minimum absolute atomic E-state index is 0.203. The molecule has 120 valence electrons. The summed E-state index contributed by atoms with van der Waals surface area (Å²) in [6.45, 7) is 8.06. The number of ether oxygens (including phenoxy) is 2. The van der Waals surface area contributed by atoms with Crippen LogP contribution in [0.5, 0.6) is 0 Å². The first kappa shape index (κ1) is 16.1. The second-order valence-corrected chi connectivity index (χ2v) is 6.88. The Morgan fingerprint density at radius 1 is 1.43 bits per heavy atom. The monoisotopic (exact) mass is 296 g/mol. The molecule has 0 bridgehead atoms. The van der Waals surface area contributed by atoms with Crippen LogP contribution in [0.1, 0.15) is 46.5 Å². The summed E-state index contributed by atoms with van der Waals surface area (Å²) < 4.78 is 11.0. The molecule has 1 N–H and O–H groups in total. The summed E-state index contributed by atoms with van der Waals surface area (Å²) in [5, 5.41) is 3.53. The van der Waals surface area contributed by atoms with Gasteiger partial charge in [0.2, 0.25) is 0 Å². The van der Waals surface area contributed by atoms with Gasteiger partial charge in [-0.1, -0.05) is 0 Å². The Morgan fingerprint density at radius 2 is 2.24 bits per heavy atom. The van der Waals surface area contributed by atoms with Crippen LogP contribution in [0.25, 0.3) is 0 Å². The van der Waals surface area contributed by atoms with Crippen molar-refractivity contribution in [3.8, 4) is 0 Å². The molecule has 0 aromatic heterocycles. The van der Waals surface area contributed by atoms with Crippen LogP contribution in [-0.2, 0) is 9.47 Å². The molecule has 0 radical (unpaired) electrons. The van der Waals surface area contributed by atoms with Crippen LogP contribution >= 0.6 is 0 Å². The van der Waals surface area contributed by atoms with Gasteiger partial charge in [0.25, 0.3) is 0 Å². The van der Waals surface area contributed by atoms with Crippen LogP contribution < -0.4 is 5.32 Å². The van der Waals surface area contributed by atoms with Crippen molar-refractivity contribution >= 4 is 6.09 Å². The van der Waals surface area contributed by atoms with Gasteiger partial charge in [0, 0.05) is 25.7 Å². The van der Waals surface area contributed by atoms with Gasteiger partial charge in [-0.25, -0.2) is 4.79 Å². The van der Waals surface area contributed by atoms with Crippen LogP contribution in [-0.4, -0.2) is 48.4 Å². The molecule has 0 spiro atoms. The Balaban J connectivity index is 1.75. The molecule has 1 saturated heterocycles. The van der Waals surface area contributed by atoms with Gasteiger partial charge in [0.15, 0.2) is 0 Å². The van der Waals surface area contributed by atoms with Crippen LogP contribution in [0, 0.1) is 0 Å². The summed E-state index contributed by atoms with van der Waals surface area (Å²) in [5.74, 6) is 0. The van der Waals surface area contributed by atoms with Crippen molar-refractivity contribution in [2.75, 3.05) is 19.6 Å². The third kappa shape index (κ3) is 5.58. The fourth-order valence-electron chi connectivity index (χ4n) is 2.67. The fraction of sp³-hybridized carbons (Fsp3) is 0.812. The largest absolute Gasteiger partial charge is 0.497 e. The summed E-state index contributed by atoms with van der Waals surface area (Å²) in [6.07, 6.45) is 8.17. The van der Waals surface area contributed by atoms with Crippen LogP contribution in [0.4, 0.5) is 4.79 Å². The van der Waals surface area contributed by atoms with Gasteiger partial charge in [0.05, 0.1) is 6.26 Å². The van der Waals surface area contributed by atoms with E-state index in [9.17, 15) is 4.79 Å². The molecule has 21 heavy (non-hydrogen) atoms. The Bertz CT molecular complexity index is 376. The predicted molar refractivity (Wildman–Crippen MR) is 82.1 cm³/mol. The molecule has 0 aliphatic carbocycles. The van der Waals surface area contributed by atoms with Crippen molar-refractivity contribution in [2.45, 2.75) is 64.2 Å². The first-order chi connectivity index (χ1) is 9.94. The Labute approximate surface area is 127 Å². The molecule has 5 heteroatoms. The molecule has 2 aliphatic rings. The lowest BCUT2D eigenvalue weighted by molar-refractivity contribution is 0.0181. The first-order valence-corrected chi connectivity index (χ1v) is 7.96. The second-order valence-electron chi connectivity index (χ2n) is 6.88. The zero-order chi connectivity index (χ0) is 15.3. The zero-order valence-corrected chi connectivity index (χ0v) is 13.4.